The molecule has 0 unspecified atom stereocenters. The van der Waals surface area contributed by atoms with E-state index < -0.39 is 21.8 Å². The van der Waals surface area contributed by atoms with Crippen LogP contribution in [0.4, 0.5) is 0 Å². The predicted molar refractivity (Wildman–Crippen MR) is 42.5 cm³/mol. The van der Waals surface area contributed by atoms with Gasteiger partial charge in [0, 0.05) is 13.1 Å². The Hall–Kier alpha value is 0.380. The number of hydrogen-bond acceptors (Lipinski definition) is 4. The quantitative estimate of drug-likeness (QED) is 0.360. The molecule has 0 fully saturated rings. The Morgan fingerprint density at radius 2 is 1.69 bits per heavy atom. The first kappa shape index (κ1) is 15.8. The van der Waals surface area contributed by atoms with E-state index in [1.54, 1.807) is 13.8 Å². The van der Waals surface area contributed by atoms with Gasteiger partial charge in [0.15, 0.2) is 0 Å². The molecular formula is C6H12NNaO4S. The van der Waals surface area contributed by atoms with Gasteiger partial charge in [0.2, 0.25) is 5.91 Å². The molecule has 0 saturated carbocycles. The van der Waals surface area contributed by atoms with Gasteiger partial charge < -0.3 is 9.45 Å². The summed E-state index contributed by atoms with van der Waals surface area (Å²) in [6.45, 7) is 4.29. The zero-order valence-corrected chi connectivity index (χ0v) is 10.9. The summed E-state index contributed by atoms with van der Waals surface area (Å²) >= 11 is 0. The van der Waals surface area contributed by atoms with Crippen LogP contribution >= 0.6 is 0 Å². The van der Waals surface area contributed by atoms with Gasteiger partial charge in [-0.1, -0.05) is 0 Å². The van der Waals surface area contributed by atoms with Crippen molar-refractivity contribution >= 4 is 16.0 Å². The summed E-state index contributed by atoms with van der Waals surface area (Å²) in [5.74, 6) is -1.57. The van der Waals surface area contributed by atoms with Crippen LogP contribution in [0.1, 0.15) is 13.8 Å². The second-order valence-corrected chi connectivity index (χ2v) is 3.67. The first-order chi connectivity index (χ1) is 5.40. The van der Waals surface area contributed by atoms with Crippen LogP contribution in [-0.4, -0.2) is 42.6 Å². The van der Waals surface area contributed by atoms with Crippen molar-refractivity contribution in [3.8, 4) is 0 Å². The average molecular weight is 217 g/mol. The van der Waals surface area contributed by atoms with Gasteiger partial charge in [0.05, 0.1) is 0 Å². The molecule has 0 aromatic carbocycles. The van der Waals surface area contributed by atoms with E-state index in [0.717, 1.165) is 0 Å². The molecule has 0 N–H and O–H groups in total. The maximum atomic E-state index is 11.0. The van der Waals surface area contributed by atoms with E-state index in [0.29, 0.717) is 13.1 Å². The summed E-state index contributed by atoms with van der Waals surface area (Å²) < 4.78 is 30.5. The molecule has 0 radical (unpaired) electrons. The molecule has 0 spiro atoms. The normalized spacial score (nSPS) is 10.4. The molecule has 7 heteroatoms. The van der Waals surface area contributed by atoms with Gasteiger partial charge in [-0.2, -0.15) is 0 Å². The Balaban J connectivity index is 0. The van der Waals surface area contributed by atoms with Crippen LogP contribution in [0, 0.1) is 0 Å². The van der Waals surface area contributed by atoms with E-state index in [-0.39, 0.29) is 29.6 Å². The molecule has 0 aromatic heterocycles. The van der Waals surface area contributed by atoms with Gasteiger partial charge in [-0.25, -0.2) is 8.42 Å². The van der Waals surface area contributed by atoms with Crippen LogP contribution in [0.25, 0.3) is 0 Å². The number of hydrogen-bond donors (Lipinski definition) is 0. The molecule has 0 aliphatic heterocycles. The summed E-state index contributed by atoms with van der Waals surface area (Å²) in [7, 11) is -4.43. The Morgan fingerprint density at radius 1 is 1.31 bits per heavy atom. The number of amides is 1. The monoisotopic (exact) mass is 217 g/mol. The van der Waals surface area contributed by atoms with Crippen molar-refractivity contribution in [2.45, 2.75) is 13.8 Å². The summed E-state index contributed by atoms with van der Waals surface area (Å²) in [6.07, 6.45) is 0. The van der Waals surface area contributed by atoms with E-state index in [4.69, 9.17) is 0 Å². The standard InChI is InChI=1S/C6H13NO4S.Na/c1-3-7(4-2)6(8)5-12(9,10)11;/h3-5H2,1-2H3,(H,9,10,11);/q;+1/p-1. The van der Waals surface area contributed by atoms with Crippen LogP contribution in [0.3, 0.4) is 0 Å². The van der Waals surface area contributed by atoms with E-state index in [1.807, 2.05) is 0 Å². The maximum absolute atomic E-state index is 11.0. The predicted octanol–water partition coefficient (Wildman–Crippen LogP) is -3.60. The first-order valence-corrected chi connectivity index (χ1v) is 5.19. The second kappa shape index (κ2) is 6.78. The average Bonchev–Trinajstić information content (AvgIpc) is 1.85. The summed E-state index contributed by atoms with van der Waals surface area (Å²) in [6, 6.07) is 0. The van der Waals surface area contributed by atoms with E-state index in [1.165, 1.54) is 4.90 Å². The zero-order chi connectivity index (χ0) is 9.78. The van der Waals surface area contributed by atoms with Gasteiger partial charge in [0.1, 0.15) is 15.9 Å². The zero-order valence-electron chi connectivity index (χ0n) is 8.11. The van der Waals surface area contributed by atoms with Crippen molar-refractivity contribution in [1.82, 2.24) is 4.90 Å². The third-order valence-electron chi connectivity index (χ3n) is 1.42. The van der Waals surface area contributed by atoms with E-state index >= 15 is 0 Å². The molecule has 0 rings (SSSR count). The molecule has 0 aromatic rings. The van der Waals surface area contributed by atoms with Crippen LogP contribution in [0.5, 0.6) is 0 Å². The maximum Gasteiger partial charge on any atom is 1.00 e. The molecule has 1 amide bonds. The molecule has 0 heterocycles. The fraction of sp³-hybridized carbons (Fsp3) is 0.833. The van der Waals surface area contributed by atoms with Crippen LogP contribution in [0.15, 0.2) is 0 Å². The van der Waals surface area contributed by atoms with Crippen molar-refractivity contribution in [2.24, 2.45) is 0 Å². The molecule has 0 aliphatic rings. The third-order valence-corrected chi connectivity index (χ3v) is 2.02. The van der Waals surface area contributed by atoms with Crippen molar-refractivity contribution in [3.63, 3.8) is 0 Å². The minimum atomic E-state index is -4.43. The van der Waals surface area contributed by atoms with E-state index in [2.05, 4.69) is 0 Å². The van der Waals surface area contributed by atoms with Crippen LogP contribution < -0.4 is 29.6 Å². The molecule has 0 saturated heterocycles. The minimum Gasteiger partial charge on any atom is -0.748 e. The summed E-state index contributed by atoms with van der Waals surface area (Å²) in [4.78, 5) is 12.3. The van der Waals surface area contributed by atoms with Crippen molar-refractivity contribution < 1.29 is 47.3 Å². The van der Waals surface area contributed by atoms with Gasteiger partial charge in [-0.05, 0) is 13.8 Å². The van der Waals surface area contributed by atoms with Crippen molar-refractivity contribution in [2.75, 3.05) is 18.8 Å². The van der Waals surface area contributed by atoms with Gasteiger partial charge in [-0.3, -0.25) is 4.79 Å². The fourth-order valence-electron chi connectivity index (χ4n) is 0.819. The summed E-state index contributed by atoms with van der Waals surface area (Å²) in [5, 5.41) is 0. The molecule has 0 aliphatic carbocycles. The SMILES string of the molecule is CCN(CC)C(=O)CS(=O)(=O)[O-].[Na+]. The first-order valence-electron chi connectivity index (χ1n) is 3.62. The minimum absolute atomic E-state index is 0. The molecular weight excluding hydrogens is 205 g/mol. The van der Waals surface area contributed by atoms with Gasteiger partial charge >= 0.3 is 29.6 Å². The van der Waals surface area contributed by atoms with Gasteiger partial charge in [-0.15, -0.1) is 0 Å². The molecule has 0 bridgehead atoms. The molecule has 0 atom stereocenters. The Labute approximate surface area is 101 Å². The number of carbonyl (C=O) groups is 1. The molecule has 5 nitrogen and oxygen atoms in total. The van der Waals surface area contributed by atoms with Crippen LogP contribution in [-0.2, 0) is 14.9 Å². The topological polar surface area (TPSA) is 77.5 Å². The third kappa shape index (κ3) is 7.45. The Kier molecular flexibility index (Phi) is 8.26. The van der Waals surface area contributed by atoms with E-state index in [9.17, 15) is 17.8 Å². The Bertz CT molecular complexity index is 247. The molecule has 72 valence electrons. The largest absolute Gasteiger partial charge is 1.00 e. The number of carbonyl (C=O) groups excluding carboxylic acids is 1. The van der Waals surface area contributed by atoms with Crippen molar-refractivity contribution in [1.29, 1.82) is 0 Å². The summed E-state index contributed by atoms with van der Waals surface area (Å²) in [5.41, 5.74) is 0. The second-order valence-electron chi connectivity index (χ2n) is 2.27. The smallest absolute Gasteiger partial charge is 0.748 e. The number of nitrogens with zero attached hydrogens (tertiary/aromatic N) is 1. The van der Waals surface area contributed by atoms with Crippen molar-refractivity contribution in [3.05, 3.63) is 0 Å². The number of rotatable bonds is 4. The molecule has 13 heavy (non-hydrogen) atoms. The van der Waals surface area contributed by atoms with Crippen LogP contribution in [0.2, 0.25) is 0 Å². The van der Waals surface area contributed by atoms with Gasteiger partial charge in [0.25, 0.3) is 0 Å². The Morgan fingerprint density at radius 3 is 1.92 bits per heavy atom. The fourth-order valence-corrected chi connectivity index (χ4v) is 1.30.